The van der Waals surface area contributed by atoms with Gasteiger partial charge in [-0.2, -0.15) is 0 Å². The zero-order valence-corrected chi connectivity index (χ0v) is 24.1. The van der Waals surface area contributed by atoms with Gasteiger partial charge in [0.2, 0.25) is 21.8 Å². The molecule has 1 atom stereocenters. The van der Waals surface area contributed by atoms with Gasteiger partial charge >= 0.3 is 0 Å². The van der Waals surface area contributed by atoms with Crippen LogP contribution in [-0.4, -0.2) is 50.0 Å². The van der Waals surface area contributed by atoms with Crippen LogP contribution in [0.2, 0.25) is 0 Å². The molecule has 0 bridgehead atoms. The molecule has 3 aromatic carbocycles. The molecule has 10 heteroatoms. The fourth-order valence-electron chi connectivity index (χ4n) is 4.85. The van der Waals surface area contributed by atoms with Crippen molar-refractivity contribution >= 4 is 27.5 Å². The van der Waals surface area contributed by atoms with Gasteiger partial charge in [0.25, 0.3) is 0 Å². The smallest absolute Gasteiger partial charge is 0.244 e. The van der Waals surface area contributed by atoms with Gasteiger partial charge in [-0.05, 0) is 55.7 Å². The average Bonchev–Trinajstić information content (AvgIpc) is 3.47. The topological polar surface area (TPSA) is 96.0 Å². The molecule has 0 unspecified atom stereocenters. The van der Waals surface area contributed by atoms with E-state index in [2.05, 4.69) is 5.32 Å². The molecule has 1 N–H and O–H groups in total. The number of ether oxygens (including phenoxy) is 1. The third-order valence-corrected chi connectivity index (χ3v) is 8.36. The Morgan fingerprint density at radius 2 is 1.61 bits per heavy atom. The third-order valence-electron chi connectivity index (χ3n) is 7.22. The molecule has 1 fully saturated rings. The van der Waals surface area contributed by atoms with Crippen LogP contribution in [0.5, 0.6) is 5.75 Å². The van der Waals surface area contributed by atoms with E-state index >= 15 is 0 Å². The van der Waals surface area contributed by atoms with Crippen molar-refractivity contribution in [3.8, 4) is 5.75 Å². The van der Waals surface area contributed by atoms with Crippen LogP contribution in [0.15, 0.2) is 78.9 Å². The van der Waals surface area contributed by atoms with Gasteiger partial charge in [-0.15, -0.1) is 0 Å². The van der Waals surface area contributed by atoms with Crippen molar-refractivity contribution in [3.63, 3.8) is 0 Å². The minimum atomic E-state index is -3.89. The monoisotopic (exact) mass is 581 g/mol. The molecule has 41 heavy (non-hydrogen) atoms. The van der Waals surface area contributed by atoms with E-state index in [4.69, 9.17) is 4.74 Å². The lowest BCUT2D eigenvalue weighted by Crippen LogP contribution is -2.52. The Morgan fingerprint density at radius 1 is 0.976 bits per heavy atom. The summed E-state index contributed by atoms with van der Waals surface area (Å²) in [6, 6.07) is 21.1. The van der Waals surface area contributed by atoms with Crippen LogP contribution in [-0.2, 0) is 32.8 Å². The first kappa shape index (κ1) is 30.0. The first-order chi connectivity index (χ1) is 19.6. The van der Waals surface area contributed by atoms with E-state index in [1.165, 1.54) is 11.0 Å². The highest BCUT2D eigenvalue weighted by molar-refractivity contribution is 7.92. The lowest BCUT2D eigenvalue weighted by atomic mass is 10.1. The quantitative estimate of drug-likeness (QED) is 0.336. The molecule has 8 nitrogen and oxygen atoms in total. The average molecular weight is 582 g/mol. The summed E-state index contributed by atoms with van der Waals surface area (Å²) in [7, 11) is -3.89. The van der Waals surface area contributed by atoms with Crippen LogP contribution in [0.4, 0.5) is 10.1 Å². The maximum atomic E-state index is 14.6. The van der Waals surface area contributed by atoms with Crippen molar-refractivity contribution in [2.75, 3.05) is 17.1 Å². The van der Waals surface area contributed by atoms with Crippen molar-refractivity contribution in [1.82, 2.24) is 10.2 Å². The molecule has 1 saturated carbocycles. The zero-order chi connectivity index (χ0) is 29.4. The van der Waals surface area contributed by atoms with E-state index in [0.29, 0.717) is 12.4 Å². The van der Waals surface area contributed by atoms with Crippen LogP contribution in [0.25, 0.3) is 0 Å². The first-order valence-corrected chi connectivity index (χ1v) is 15.5. The lowest BCUT2D eigenvalue weighted by Gasteiger charge is -2.32. The summed E-state index contributed by atoms with van der Waals surface area (Å²) >= 11 is 0. The first-order valence-electron chi connectivity index (χ1n) is 13.7. The summed E-state index contributed by atoms with van der Waals surface area (Å²) in [5, 5.41) is 2.99. The molecule has 0 saturated heterocycles. The van der Waals surface area contributed by atoms with E-state index in [0.717, 1.165) is 41.8 Å². The lowest BCUT2D eigenvalue weighted by molar-refractivity contribution is -0.139. The number of carbonyl (C=O) groups excluding carboxylic acids is 2. The molecule has 0 aromatic heterocycles. The SMILES string of the molecule is C[C@@H](C(=O)NC1CCCC1)N(Cc1ccccc1F)C(=O)CN(c1ccc(OCc2ccccc2)cc1)S(C)(=O)=O. The van der Waals surface area contributed by atoms with Crippen LogP contribution < -0.4 is 14.4 Å². The Balaban J connectivity index is 1.53. The molecule has 0 spiro atoms. The molecule has 3 aromatic rings. The Hall–Kier alpha value is -3.92. The highest BCUT2D eigenvalue weighted by Gasteiger charge is 2.31. The summed E-state index contributed by atoms with van der Waals surface area (Å²) in [6.45, 7) is 1.18. The number of halogens is 1. The summed E-state index contributed by atoms with van der Waals surface area (Å²) < 4.78 is 47.0. The molecule has 0 radical (unpaired) electrons. The van der Waals surface area contributed by atoms with Crippen LogP contribution in [0.3, 0.4) is 0 Å². The second-order valence-electron chi connectivity index (χ2n) is 10.3. The Labute approximate surface area is 241 Å². The number of rotatable bonds is 12. The number of hydrogen-bond acceptors (Lipinski definition) is 5. The molecule has 0 aliphatic heterocycles. The van der Waals surface area contributed by atoms with Crippen LogP contribution in [0.1, 0.15) is 43.7 Å². The second-order valence-corrected chi connectivity index (χ2v) is 12.2. The van der Waals surface area contributed by atoms with Crippen LogP contribution in [0, 0.1) is 5.82 Å². The summed E-state index contributed by atoms with van der Waals surface area (Å²) in [5.41, 5.74) is 1.48. The number of nitrogens with zero attached hydrogens (tertiary/aromatic N) is 2. The number of nitrogens with one attached hydrogen (secondary N) is 1. The van der Waals surface area contributed by atoms with Crippen molar-refractivity contribution in [3.05, 3.63) is 95.8 Å². The number of carbonyl (C=O) groups is 2. The molecular formula is C31H36FN3O5S. The molecule has 1 aliphatic carbocycles. The van der Waals surface area contributed by atoms with Crippen molar-refractivity contribution < 1.29 is 27.1 Å². The number of amides is 2. The number of anilines is 1. The molecule has 2 amide bonds. The van der Waals surface area contributed by atoms with Crippen LogP contribution >= 0.6 is 0 Å². The minimum Gasteiger partial charge on any atom is -0.489 e. The number of hydrogen-bond donors (Lipinski definition) is 1. The van der Waals surface area contributed by atoms with E-state index in [1.54, 1.807) is 49.4 Å². The highest BCUT2D eigenvalue weighted by Crippen LogP contribution is 2.24. The van der Waals surface area contributed by atoms with Gasteiger partial charge < -0.3 is 15.0 Å². The normalized spacial score (nSPS) is 14.3. The summed E-state index contributed by atoms with van der Waals surface area (Å²) in [5.74, 6) is -0.958. The van der Waals surface area contributed by atoms with Crippen molar-refractivity contribution in [2.45, 2.75) is 57.8 Å². The summed E-state index contributed by atoms with van der Waals surface area (Å²) in [4.78, 5) is 28.1. The van der Waals surface area contributed by atoms with Crippen molar-refractivity contribution in [1.29, 1.82) is 0 Å². The Kier molecular flexibility index (Phi) is 9.99. The standard InChI is InChI=1S/C31H36FN3O5S/c1-23(31(37)33-26-13-7-8-14-26)34(20-25-12-6-9-15-29(25)32)30(36)21-35(41(2,38)39)27-16-18-28(19-17-27)40-22-24-10-4-3-5-11-24/h3-6,9-12,15-19,23,26H,7-8,13-14,20-22H2,1-2H3,(H,33,37)/t23-/m0/s1. The van der Waals surface area contributed by atoms with Gasteiger partial charge in [0.1, 0.15) is 30.8 Å². The van der Waals surface area contributed by atoms with E-state index in [9.17, 15) is 22.4 Å². The van der Waals surface area contributed by atoms with E-state index in [1.807, 2.05) is 30.3 Å². The largest absolute Gasteiger partial charge is 0.489 e. The predicted molar refractivity (Wildman–Crippen MR) is 156 cm³/mol. The second kappa shape index (κ2) is 13.6. The van der Waals surface area contributed by atoms with E-state index in [-0.39, 0.29) is 29.7 Å². The maximum absolute atomic E-state index is 14.6. The van der Waals surface area contributed by atoms with Gasteiger partial charge in [0.15, 0.2) is 0 Å². The fraction of sp³-hybridized carbons (Fsp3) is 0.355. The van der Waals surface area contributed by atoms with E-state index < -0.39 is 34.3 Å². The number of sulfonamides is 1. The maximum Gasteiger partial charge on any atom is 0.244 e. The molecular weight excluding hydrogens is 545 g/mol. The molecule has 0 heterocycles. The highest BCUT2D eigenvalue weighted by atomic mass is 32.2. The fourth-order valence-corrected chi connectivity index (χ4v) is 5.70. The molecule has 218 valence electrons. The third kappa shape index (κ3) is 8.29. The van der Waals surface area contributed by atoms with Gasteiger partial charge in [-0.1, -0.05) is 61.4 Å². The Morgan fingerprint density at radius 3 is 2.24 bits per heavy atom. The summed E-state index contributed by atoms with van der Waals surface area (Å²) in [6.07, 6.45) is 4.80. The van der Waals surface area contributed by atoms with Gasteiger partial charge in [-0.3, -0.25) is 13.9 Å². The van der Waals surface area contributed by atoms with Gasteiger partial charge in [-0.25, -0.2) is 12.8 Å². The predicted octanol–water partition coefficient (Wildman–Crippen LogP) is 4.65. The van der Waals surface area contributed by atoms with Gasteiger partial charge in [0, 0.05) is 18.2 Å². The zero-order valence-electron chi connectivity index (χ0n) is 23.3. The molecule has 1 aliphatic rings. The molecule has 4 rings (SSSR count). The number of benzene rings is 3. The van der Waals surface area contributed by atoms with Crippen molar-refractivity contribution in [2.24, 2.45) is 0 Å². The van der Waals surface area contributed by atoms with Gasteiger partial charge in [0.05, 0.1) is 11.9 Å². The minimum absolute atomic E-state index is 0.0329. The Bertz CT molecular complexity index is 1430.